The molecule has 1 fully saturated rings. The molecule has 0 aromatic carbocycles. The van der Waals surface area contributed by atoms with Gasteiger partial charge in [0, 0.05) is 18.8 Å². The summed E-state index contributed by atoms with van der Waals surface area (Å²) in [5.74, 6) is 0.274. The Morgan fingerprint density at radius 1 is 1.47 bits per heavy atom. The number of hydrogen-bond acceptors (Lipinski definition) is 3. The van der Waals surface area contributed by atoms with Crippen LogP contribution in [-0.4, -0.2) is 18.4 Å². The smallest absolute Gasteiger partial charge is 0.306 e. The van der Waals surface area contributed by atoms with Gasteiger partial charge >= 0.3 is 5.97 Å². The number of hydrogen-bond donors (Lipinski definition) is 0. The molecule has 1 rings (SSSR count). The summed E-state index contributed by atoms with van der Waals surface area (Å²) in [5, 5.41) is 0. The van der Waals surface area contributed by atoms with E-state index in [1.54, 1.807) is 6.08 Å². The summed E-state index contributed by atoms with van der Waals surface area (Å²) in [7, 11) is 0. The van der Waals surface area contributed by atoms with Gasteiger partial charge < -0.3 is 4.74 Å². The van der Waals surface area contributed by atoms with Gasteiger partial charge in [0.05, 0.1) is 6.61 Å². The van der Waals surface area contributed by atoms with Gasteiger partial charge in [-0.25, -0.2) is 0 Å². The van der Waals surface area contributed by atoms with Crippen molar-refractivity contribution in [1.29, 1.82) is 0 Å². The first-order valence-corrected chi connectivity index (χ1v) is 7.13. The van der Waals surface area contributed by atoms with Crippen LogP contribution in [0.15, 0.2) is 24.8 Å². The molecular weight excluding hydrogens is 240 g/mol. The fraction of sp³-hybridized carbons (Fsp3) is 0.625. The van der Waals surface area contributed by atoms with Crippen LogP contribution < -0.4 is 0 Å². The van der Waals surface area contributed by atoms with E-state index in [1.165, 1.54) is 0 Å². The van der Waals surface area contributed by atoms with Crippen molar-refractivity contribution >= 4 is 11.8 Å². The van der Waals surface area contributed by atoms with Crippen LogP contribution in [-0.2, 0) is 14.3 Å². The predicted octanol–water partition coefficient (Wildman–Crippen LogP) is 3.45. The minimum absolute atomic E-state index is 0.00903. The minimum atomic E-state index is -0.189. The summed E-state index contributed by atoms with van der Waals surface area (Å²) in [4.78, 5) is 23.5. The summed E-state index contributed by atoms with van der Waals surface area (Å²) >= 11 is 0. The highest BCUT2D eigenvalue weighted by Crippen LogP contribution is 2.34. The predicted molar refractivity (Wildman–Crippen MR) is 75.7 cm³/mol. The third-order valence-electron chi connectivity index (χ3n) is 3.55. The molecule has 0 aliphatic heterocycles. The molecule has 1 aliphatic carbocycles. The zero-order valence-corrected chi connectivity index (χ0v) is 11.8. The van der Waals surface area contributed by atoms with Gasteiger partial charge in [-0.3, -0.25) is 9.59 Å². The van der Waals surface area contributed by atoms with Gasteiger partial charge in [-0.05, 0) is 31.6 Å². The number of carbonyl (C=O) groups excluding carboxylic acids is 2. The van der Waals surface area contributed by atoms with Crippen molar-refractivity contribution in [2.75, 3.05) is 6.61 Å². The molecule has 0 saturated heterocycles. The zero-order chi connectivity index (χ0) is 14.1. The van der Waals surface area contributed by atoms with Crippen molar-refractivity contribution in [2.45, 2.75) is 45.4 Å². The lowest BCUT2D eigenvalue weighted by Crippen LogP contribution is -2.19. The van der Waals surface area contributed by atoms with Gasteiger partial charge in [-0.2, -0.15) is 0 Å². The van der Waals surface area contributed by atoms with Crippen molar-refractivity contribution in [3.63, 3.8) is 0 Å². The Morgan fingerprint density at radius 3 is 2.95 bits per heavy atom. The number of ether oxygens (including phenoxy) is 1. The maximum Gasteiger partial charge on any atom is 0.306 e. The first-order valence-electron chi connectivity index (χ1n) is 7.13. The maximum absolute atomic E-state index is 11.8. The topological polar surface area (TPSA) is 43.4 Å². The molecule has 3 nitrogen and oxygen atoms in total. The van der Waals surface area contributed by atoms with E-state index in [1.807, 2.05) is 0 Å². The van der Waals surface area contributed by atoms with E-state index >= 15 is 0 Å². The molecule has 0 amide bonds. The molecule has 19 heavy (non-hydrogen) atoms. The van der Waals surface area contributed by atoms with Gasteiger partial charge in [-0.1, -0.05) is 25.2 Å². The van der Waals surface area contributed by atoms with Crippen LogP contribution in [0.5, 0.6) is 0 Å². The van der Waals surface area contributed by atoms with E-state index in [0.717, 1.165) is 19.3 Å². The van der Waals surface area contributed by atoms with Crippen molar-refractivity contribution < 1.29 is 14.3 Å². The number of carbonyl (C=O) groups is 2. The molecule has 2 atom stereocenters. The fourth-order valence-electron chi connectivity index (χ4n) is 2.48. The first-order chi connectivity index (χ1) is 9.19. The molecular formula is C16H24O3. The molecule has 0 heterocycles. The molecule has 1 aliphatic rings. The Balaban J connectivity index is 2.41. The normalized spacial score (nSPS) is 22.9. The van der Waals surface area contributed by atoms with Crippen molar-refractivity contribution in [1.82, 2.24) is 0 Å². The highest BCUT2D eigenvalue weighted by atomic mass is 16.5. The van der Waals surface area contributed by atoms with E-state index < -0.39 is 0 Å². The van der Waals surface area contributed by atoms with E-state index in [2.05, 4.69) is 25.7 Å². The number of rotatable bonds is 8. The average Bonchev–Trinajstić information content (AvgIpc) is 2.72. The molecule has 0 aromatic rings. The SMILES string of the molecule is C=CCCOC(=O)CC1CCC(=O)C1C/C=C\CC. The van der Waals surface area contributed by atoms with Crippen LogP contribution in [0.4, 0.5) is 0 Å². The Morgan fingerprint density at radius 2 is 2.26 bits per heavy atom. The van der Waals surface area contributed by atoms with Crippen molar-refractivity contribution in [3.8, 4) is 0 Å². The van der Waals surface area contributed by atoms with Crippen LogP contribution in [0.1, 0.15) is 45.4 Å². The summed E-state index contributed by atoms with van der Waals surface area (Å²) in [5.41, 5.74) is 0. The summed E-state index contributed by atoms with van der Waals surface area (Å²) < 4.78 is 5.11. The second-order valence-electron chi connectivity index (χ2n) is 4.99. The Kier molecular flexibility index (Phi) is 7.16. The van der Waals surface area contributed by atoms with Gasteiger partial charge in [0.15, 0.2) is 0 Å². The summed E-state index contributed by atoms with van der Waals surface area (Å²) in [6.45, 7) is 6.04. The van der Waals surface area contributed by atoms with Crippen LogP contribution >= 0.6 is 0 Å². The number of esters is 1. The Labute approximate surface area is 115 Å². The molecule has 0 aromatic heterocycles. The highest BCUT2D eigenvalue weighted by Gasteiger charge is 2.35. The summed E-state index contributed by atoms with van der Waals surface area (Å²) in [6.07, 6.45) is 10.1. The van der Waals surface area contributed by atoms with E-state index in [0.29, 0.717) is 31.7 Å². The van der Waals surface area contributed by atoms with Crippen LogP contribution in [0.2, 0.25) is 0 Å². The second-order valence-corrected chi connectivity index (χ2v) is 4.99. The molecule has 1 saturated carbocycles. The van der Waals surface area contributed by atoms with E-state index in [4.69, 9.17) is 4.74 Å². The monoisotopic (exact) mass is 264 g/mol. The fourth-order valence-corrected chi connectivity index (χ4v) is 2.48. The second kappa shape index (κ2) is 8.68. The van der Waals surface area contributed by atoms with E-state index in [9.17, 15) is 9.59 Å². The largest absolute Gasteiger partial charge is 0.465 e. The van der Waals surface area contributed by atoms with Gasteiger partial charge in [0.2, 0.25) is 0 Å². The quantitative estimate of drug-likeness (QED) is 0.383. The zero-order valence-electron chi connectivity index (χ0n) is 11.8. The van der Waals surface area contributed by atoms with Crippen molar-refractivity contribution in [3.05, 3.63) is 24.8 Å². The van der Waals surface area contributed by atoms with Gasteiger partial charge in [-0.15, -0.1) is 6.58 Å². The van der Waals surface area contributed by atoms with Gasteiger partial charge in [0.1, 0.15) is 5.78 Å². The number of Topliss-reactive ketones (excluding diaryl/α,β-unsaturated/α-hetero) is 1. The van der Waals surface area contributed by atoms with Crippen molar-refractivity contribution in [2.24, 2.45) is 11.8 Å². The lowest BCUT2D eigenvalue weighted by Gasteiger charge is -2.16. The number of allylic oxidation sites excluding steroid dienone is 2. The third kappa shape index (κ3) is 5.41. The molecule has 3 heteroatoms. The van der Waals surface area contributed by atoms with Crippen LogP contribution in [0.25, 0.3) is 0 Å². The molecule has 0 N–H and O–H groups in total. The lowest BCUT2D eigenvalue weighted by molar-refractivity contribution is -0.144. The molecule has 0 spiro atoms. The average molecular weight is 264 g/mol. The summed E-state index contributed by atoms with van der Waals surface area (Å²) in [6, 6.07) is 0. The van der Waals surface area contributed by atoms with Crippen LogP contribution in [0, 0.1) is 11.8 Å². The van der Waals surface area contributed by atoms with Crippen LogP contribution in [0.3, 0.4) is 0 Å². The highest BCUT2D eigenvalue weighted by molar-refractivity contribution is 5.84. The van der Waals surface area contributed by atoms with E-state index in [-0.39, 0.29) is 17.8 Å². The Bertz CT molecular complexity index is 344. The Hall–Kier alpha value is -1.38. The first kappa shape index (κ1) is 15.7. The lowest BCUT2D eigenvalue weighted by atomic mass is 9.89. The maximum atomic E-state index is 11.8. The molecule has 0 bridgehead atoms. The van der Waals surface area contributed by atoms with Gasteiger partial charge in [0.25, 0.3) is 0 Å². The standard InChI is InChI=1S/C16H24O3/c1-3-5-7-8-14-13(9-10-15(14)17)12-16(18)19-11-6-4-2/h4-5,7,13-14H,2-3,6,8-12H2,1H3/b7-5-. The molecule has 106 valence electrons. The molecule has 2 unspecified atom stereocenters. The third-order valence-corrected chi connectivity index (χ3v) is 3.55. The molecule has 0 radical (unpaired) electrons. The minimum Gasteiger partial charge on any atom is -0.465 e. The number of ketones is 1.